The predicted octanol–water partition coefficient (Wildman–Crippen LogP) is 4.79. The third-order valence-electron chi connectivity index (χ3n) is 5.21. The van der Waals surface area contributed by atoms with Gasteiger partial charge in [0.2, 0.25) is 0 Å². The van der Waals surface area contributed by atoms with Crippen LogP contribution in [0.15, 0.2) is 66.7 Å². The number of H-pyrrole nitrogens is 1. The maximum Gasteiger partial charge on any atom is 0.166 e. The number of nitrogens with one attached hydrogen (secondary N) is 2. The maximum absolute atomic E-state index is 6.20. The second-order valence-electron chi connectivity index (χ2n) is 7.29. The van der Waals surface area contributed by atoms with Crippen molar-refractivity contribution in [1.29, 1.82) is 0 Å². The first-order valence-electron chi connectivity index (χ1n) is 10.2. The summed E-state index contributed by atoms with van der Waals surface area (Å²) in [5, 5.41) is 3.50. The molecule has 0 bridgehead atoms. The van der Waals surface area contributed by atoms with Gasteiger partial charge in [0, 0.05) is 25.1 Å². The molecule has 0 spiro atoms. The molecule has 0 aliphatic heterocycles. The van der Waals surface area contributed by atoms with Crippen molar-refractivity contribution in [3.8, 4) is 11.5 Å². The predicted molar refractivity (Wildman–Crippen MR) is 120 cm³/mol. The van der Waals surface area contributed by atoms with Gasteiger partial charge < -0.3 is 19.8 Å². The average molecular weight is 402 g/mol. The molecule has 154 valence electrons. The Morgan fingerprint density at radius 3 is 2.57 bits per heavy atom. The first kappa shape index (κ1) is 20.0. The van der Waals surface area contributed by atoms with Crippen LogP contribution in [-0.4, -0.2) is 23.6 Å². The number of benzene rings is 3. The zero-order chi connectivity index (χ0) is 20.8. The molecule has 0 fully saturated rings. The number of hydrogen-bond donors (Lipinski definition) is 2. The van der Waals surface area contributed by atoms with Crippen LogP contribution in [0.2, 0.25) is 0 Å². The molecule has 0 radical (unpaired) electrons. The standard InChI is InChI=1S/C25H27N3O2/c1-18-8-3-4-9-20(18)17-30-25-19(10-7-13-23(25)29-2)16-26-15-14-24-27-21-11-5-6-12-22(21)28-24/h3-13,26H,14-17H2,1-2H3,(H,27,28). The Morgan fingerprint density at radius 2 is 1.73 bits per heavy atom. The number of nitrogens with zero attached hydrogens (tertiary/aromatic N) is 1. The molecule has 0 amide bonds. The Bertz CT molecular complexity index is 1090. The van der Waals surface area contributed by atoms with E-state index in [1.807, 2.05) is 48.5 Å². The number of rotatable bonds is 9. The first-order chi connectivity index (χ1) is 14.7. The van der Waals surface area contributed by atoms with Gasteiger partial charge in [-0.15, -0.1) is 0 Å². The molecule has 4 rings (SSSR count). The van der Waals surface area contributed by atoms with Crippen LogP contribution in [0.1, 0.15) is 22.5 Å². The fourth-order valence-electron chi connectivity index (χ4n) is 3.50. The van der Waals surface area contributed by atoms with Crippen LogP contribution in [0, 0.1) is 6.92 Å². The zero-order valence-corrected chi connectivity index (χ0v) is 17.4. The average Bonchev–Trinajstić information content (AvgIpc) is 3.19. The molecular formula is C25H27N3O2. The lowest BCUT2D eigenvalue weighted by Crippen LogP contribution is -2.18. The molecule has 0 saturated heterocycles. The highest BCUT2D eigenvalue weighted by molar-refractivity contribution is 5.74. The molecule has 3 aromatic carbocycles. The summed E-state index contributed by atoms with van der Waals surface area (Å²) in [6.45, 7) is 4.12. The summed E-state index contributed by atoms with van der Waals surface area (Å²) < 4.78 is 11.7. The second kappa shape index (κ2) is 9.46. The van der Waals surface area contributed by atoms with Gasteiger partial charge >= 0.3 is 0 Å². The Morgan fingerprint density at radius 1 is 0.933 bits per heavy atom. The first-order valence-corrected chi connectivity index (χ1v) is 10.2. The molecule has 0 aliphatic carbocycles. The Labute approximate surface area is 177 Å². The summed E-state index contributed by atoms with van der Waals surface area (Å²) in [4.78, 5) is 8.01. The van der Waals surface area contributed by atoms with Crippen LogP contribution >= 0.6 is 0 Å². The van der Waals surface area contributed by atoms with E-state index < -0.39 is 0 Å². The molecule has 1 heterocycles. The molecular weight excluding hydrogens is 374 g/mol. The van der Waals surface area contributed by atoms with Crippen LogP contribution < -0.4 is 14.8 Å². The van der Waals surface area contributed by atoms with Gasteiger partial charge in [-0.2, -0.15) is 0 Å². The zero-order valence-electron chi connectivity index (χ0n) is 17.4. The highest BCUT2D eigenvalue weighted by atomic mass is 16.5. The van der Waals surface area contributed by atoms with Crippen molar-refractivity contribution in [3.63, 3.8) is 0 Å². The fraction of sp³-hybridized carbons (Fsp3) is 0.240. The van der Waals surface area contributed by atoms with E-state index in [4.69, 9.17) is 9.47 Å². The van der Waals surface area contributed by atoms with E-state index in [0.717, 1.165) is 46.9 Å². The van der Waals surface area contributed by atoms with Gasteiger partial charge in [-0.25, -0.2) is 4.98 Å². The minimum absolute atomic E-state index is 0.513. The molecule has 1 aromatic heterocycles. The number of aromatic nitrogens is 2. The van der Waals surface area contributed by atoms with Gasteiger partial charge in [-0.3, -0.25) is 0 Å². The topological polar surface area (TPSA) is 59.2 Å². The Hall–Kier alpha value is -3.31. The minimum Gasteiger partial charge on any atom is -0.493 e. The third kappa shape index (κ3) is 4.63. The van der Waals surface area contributed by atoms with Crippen molar-refractivity contribution in [2.24, 2.45) is 0 Å². The van der Waals surface area contributed by atoms with Gasteiger partial charge in [0.25, 0.3) is 0 Å². The molecule has 0 aliphatic rings. The van der Waals surface area contributed by atoms with Crippen molar-refractivity contribution in [2.45, 2.75) is 26.5 Å². The van der Waals surface area contributed by atoms with E-state index in [1.54, 1.807) is 7.11 Å². The van der Waals surface area contributed by atoms with Gasteiger partial charge in [-0.1, -0.05) is 48.5 Å². The maximum atomic E-state index is 6.20. The molecule has 0 atom stereocenters. The molecule has 5 heteroatoms. The van der Waals surface area contributed by atoms with Crippen LogP contribution in [0.5, 0.6) is 11.5 Å². The lowest BCUT2D eigenvalue weighted by molar-refractivity contribution is 0.280. The van der Waals surface area contributed by atoms with Crippen LogP contribution in [0.3, 0.4) is 0 Å². The molecule has 2 N–H and O–H groups in total. The number of aryl methyl sites for hydroxylation is 1. The van der Waals surface area contributed by atoms with E-state index in [1.165, 1.54) is 11.1 Å². The third-order valence-corrected chi connectivity index (χ3v) is 5.21. The number of imidazole rings is 1. The number of aromatic amines is 1. The number of ether oxygens (including phenoxy) is 2. The molecule has 30 heavy (non-hydrogen) atoms. The summed E-state index contributed by atoms with van der Waals surface area (Å²) >= 11 is 0. The van der Waals surface area contributed by atoms with Gasteiger partial charge in [-0.05, 0) is 36.2 Å². The summed E-state index contributed by atoms with van der Waals surface area (Å²) in [5.74, 6) is 2.53. The second-order valence-corrected chi connectivity index (χ2v) is 7.29. The smallest absolute Gasteiger partial charge is 0.166 e. The molecule has 4 aromatic rings. The highest BCUT2D eigenvalue weighted by Gasteiger charge is 2.11. The molecule has 0 unspecified atom stereocenters. The number of methoxy groups -OCH3 is 1. The summed E-state index contributed by atoms with van der Waals surface area (Å²) in [5.41, 5.74) is 5.55. The van der Waals surface area contributed by atoms with Crippen molar-refractivity contribution in [1.82, 2.24) is 15.3 Å². The molecule has 0 saturated carbocycles. The van der Waals surface area contributed by atoms with Gasteiger partial charge in [0.05, 0.1) is 18.1 Å². The quantitative estimate of drug-likeness (QED) is 0.396. The van der Waals surface area contributed by atoms with Gasteiger partial charge in [0.15, 0.2) is 11.5 Å². The Kier molecular flexibility index (Phi) is 6.30. The van der Waals surface area contributed by atoms with E-state index >= 15 is 0 Å². The largest absolute Gasteiger partial charge is 0.493 e. The van der Waals surface area contributed by atoms with Gasteiger partial charge in [0.1, 0.15) is 12.4 Å². The van der Waals surface area contributed by atoms with Crippen LogP contribution in [0.25, 0.3) is 11.0 Å². The van der Waals surface area contributed by atoms with Crippen LogP contribution in [-0.2, 0) is 19.6 Å². The lowest BCUT2D eigenvalue weighted by atomic mass is 10.1. The SMILES string of the molecule is COc1cccc(CNCCc2nc3ccccc3[nH]2)c1OCc1ccccc1C. The Balaban J connectivity index is 1.38. The van der Waals surface area contributed by atoms with Crippen molar-refractivity contribution >= 4 is 11.0 Å². The van der Waals surface area contributed by atoms with E-state index in [2.05, 4.69) is 40.4 Å². The summed E-state index contributed by atoms with van der Waals surface area (Å²) in [7, 11) is 1.68. The van der Waals surface area contributed by atoms with Crippen LogP contribution in [0.4, 0.5) is 0 Å². The number of fused-ring (bicyclic) bond motifs is 1. The fourth-order valence-corrected chi connectivity index (χ4v) is 3.50. The van der Waals surface area contributed by atoms with Crippen molar-refractivity contribution in [3.05, 3.63) is 89.2 Å². The minimum atomic E-state index is 0.513. The normalized spacial score (nSPS) is 11.0. The van der Waals surface area contributed by atoms with E-state index in [9.17, 15) is 0 Å². The van der Waals surface area contributed by atoms with Crippen molar-refractivity contribution in [2.75, 3.05) is 13.7 Å². The molecule has 5 nitrogen and oxygen atoms in total. The van der Waals surface area contributed by atoms with E-state index in [0.29, 0.717) is 13.2 Å². The van der Waals surface area contributed by atoms with Crippen molar-refractivity contribution < 1.29 is 9.47 Å². The number of para-hydroxylation sites is 3. The highest BCUT2D eigenvalue weighted by Crippen LogP contribution is 2.32. The summed E-state index contributed by atoms with van der Waals surface area (Å²) in [6.07, 6.45) is 0.831. The van der Waals surface area contributed by atoms with E-state index in [-0.39, 0.29) is 0 Å². The monoisotopic (exact) mass is 401 g/mol. The number of hydrogen-bond acceptors (Lipinski definition) is 4. The summed E-state index contributed by atoms with van der Waals surface area (Å²) in [6, 6.07) is 22.4. The lowest BCUT2D eigenvalue weighted by Gasteiger charge is -2.16.